The topological polar surface area (TPSA) is 86.4 Å². The molecule has 0 aliphatic carbocycles. The van der Waals surface area contributed by atoms with Gasteiger partial charge in [0.25, 0.3) is 0 Å². The lowest BCUT2D eigenvalue weighted by Crippen LogP contribution is -2.21. The summed E-state index contributed by atoms with van der Waals surface area (Å²) in [4.78, 5) is 19.4. The van der Waals surface area contributed by atoms with Crippen molar-refractivity contribution in [3.63, 3.8) is 0 Å². The van der Waals surface area contributed by atoms with Crippen LogP contribution in [-0.2, 0) is 6.42 Å². The summed E-state index contributed by atoms with van der Waals surface area (Å²) in [7, 11) is 0. The van der Waals surface area contributed by atoms with E-state index in [2.05, 4.69) is 36.6 Å². The van der Waals surface area contributed by atoms with Gasteiger partial charge in [-0.3, -0.25) is 15.1 Å². The quantitative estimate of drug-likeness (QED) is 0.297. The zero-order valence-corrected chi connectivity index (χ0v) is 22.6. The second-order valence-electron chi connectivity index (χ2n) is 10.4. The summed E-state index contributed by atoms with van der Waals surface area (Å²) >= 11 is 0. The lowest BCUT2D eigenvalue weighted by atomic mass is 10.0. The lowest BCUT2D eigenvalue weighted by molar-refractivity contribution is 0.334. The third-order valence-electron chi connectivity index (χ3n) is 7.53. The third-order valence-corrected chi connectivity index (χ3v) is 7.53. The number of rotatable bonds is 8. The number of aromatic amines is 2. The molecule has 0 spiro atoms. The highest BCUT2D eigenvalue weighted by atomic mass is 19.1. The molecule has 0 unspecified atom stereocenters. The van der Waals surface area contributed by atoms with E-state index in [-0.39, 0.29) is 5.82 Å². The maximum atomic E-state index is 14.7. The molecule has 1 fully saturated rings. The van der Waals surface area contributed by atoms with E-state index in [1.165, 1.54) is 32.0 Å². The van der Waals surface area contributed by atoms with Crippen molar-refractivity contribution in [1.29, 1.82) is 0 Å². The van der Waals surface area contributed by atoms with Gasteiger partial charge in [-0.05, 0) is 111 Å². The average Bonchev–Trinajstić information content (AvgIpc) is 3.72. The van der Waals surface area contributed by atoms with Crippen molar-refractivity contribution in [1.82, 2.24) is 35.0 Å². The molecule has 1 saturated heterocycles. The number of hydrogen-bond acceptors (Lipinski definition) is 5. The van der Waals surface area contributed by atoms with Crippen molar-refractivity contribution < 1.29 is 4.39 Å². The number of aromatic nitrogens is 6. The van der Waals surface area contributed by atoms with Crippen LogP contribution in [0, 0.1) is 5.82 Å². The number of H-pyrrole nitrogens is 2. The summed E-state index contributed by atoms with van der Waals surface area (Å²) in [6.07, 6.45) is 13.7. The van der Waals surface area contributed by atoms with Gasteiger partial charge in [-0.25, -0.2) is 9.37 Å². The molecule has 5 heterocycles. The summed E-state index contributed by atoms with van der Waals surface area (Å²) in [6, 6.07) is 11.0. The van der Waals surface area contributed by atoms with Crippen molar-refractivity contribution in [2.45, 2.75) is 32.6 Å². The van der Waals surface area contributed by atoms with Crippen LogP contribution < -0.4 is 10.6 Å². The van der Waals surface area contributed by atoms with E-state index in [9.17, 15) is 4.39 Å². The van der Waals surface area contributed by atoms with Crippen LogP contribution in [0.5, 0.6) is 0 Å². The molecule has 1 aromatic carbocycles. The smallest absolute Gasteiger partial charge is 0.159 e. The number of likely N-dealkylation sites (tertiary alicyclic amines) is 1. The van der Waals surface area contributed by atoms with Crippen molar-refractivity contribution in [3.05, 3.63) is 88.6 Å². The van der Waals surface area contributed by atoms with Crippen molar-refractivity contribution in [2.24, 2.45) is 0 Å². The molecule has 7 nitrogen and oxygen atoms in total. The molecule has 6 rings (SSSR count). The minimum atomic E-state index is -0.258. The monoisotopic (exact) mass is 533 g/mol. The van der Waals surface area contributed by atoms with Gasteiger partial charge in [-0.1, -0.05) is 12.7 Å². The Labute approximate surface area is 232 Å². The maximum absolute atomic E-state index is 14.7. The Hall–Kier alpha value is -4.43. The second kappa shape index (κ2) is 11.4. The first-order valence-corrected chi connectivity index (χ1v) is 13.7. The Morgan fingerprint density at radius 3 is 2.73 bits per heavy atom. The van der Waals surface area contributed by atoms with E-state index >= 15 is 0 Å². The predicted octanol–water partition coefficient (Wildman–Crippen LogP) is 4.87. The molecule has 40 heavy (non-hydrogen) atoms. The van der Waals surface area contributed by atoms with Crippen LogP contribution in [0.2, 0.25) is 0 Å². The normalized spacial score (nSPS) is 14.9. The van der Waals surface area contributed by atoms with Gasteiger partial charge >= 0.3 is 0 Å². The molecule has 5 aromatic rings. The van der Waals surface area contributed by atoms with E-state index in [0.29, 0.717) is 22.7 Å². The fourth-order valence-corrected chi connectivity index (χ4v) is 5.33. The number of fused-ring (bicyclic) bond motifs is 1. The van der Waals surface area contributed by atoms with Gasteiger partial charge in [0.1, 0.15) is 17.0 Å². The highest BCUT2D eigenvalue weighted by Crippen LogP contribution is 2.28. The molecule has 2 N–H and O–H groups in total. The van der Waals surface area contributed by atoms with Crippen molar-refractivity contribution in [3.8, 4) is 22.8 Å². The molecule has 1 aliphatic heterocycles. The molecule has 1 aliphatic rings. The predicted molar refractivity (Wildman–Crippen MR) is 158 cm³/mol. The Balaban J connectivity index is 1.28. The zero-order valence-electron chi connectivity index (χ0n) is 22.6. The van der Waals surface area contributed by atoms with Crippen LogP contribution in [0.15, 0.2) is 61.1 Å². The van der Waals surface area contributed by atoms with E-state index in [1.54, 1.807) is 24.7 Å². The number of allylic oxidation sites excluding steroid dienone is 2. The summed E-state index contributed by atoms with van der Waals surface area (Å²) in [6.45, 7) is 9.70. The minimum absolute atomic E-state index is 0.258. The number of benzene rings is 1. The zero-order chi connectivity index (χ0) is 27.5. The standard InChI is InChI=1S/C32H32FN7/c1-21(24-9-12-34-13-10-24)7-8-27-22(2)29(39-38-27)32-36-28-11-14-35-30(31(28)37-32)25-18-23(19-26(33)20-25)6-5-17-40-15-3-4-16-40/h7-14,18-20,38H,2-6,15-17H2,1H3,(H,36,37)/b21-7+,27-8+. The van der Waals surface area contributed by atoms with Gasteiger partial charge in [-0.15, -0.1) is 0 Å². The molecule has 0 bridgehead atoms. The molecule has 8 heteroatoms. The van der Waals surface area contributed by atoms with Gasteiger partial charge in [0.05, 0.1) is 16.6 Å². The Morgan fingerprint density at radius 1 is 1.07 bits per heavy atom. The largest absolute Gasteiger partial charge is 0.336 e. The van der Waals surface area contributed by atoms with E-state index in [4.69, 9.17) is 4.98 Å². The molecule has 0 amide bonds. The second-order valence-corrected chi connectivity index (χ2v) is 10.4. The average molecular weight is 534 g/mol. The van der Waals surface area contributed by atoms with E-state index in [0.717, 1.165) is 57.7 Å². The third kappa shape index (κ3) is 5.49. The Bertz CT molecular complexity index is 1780. The first-order valence-electron chi connectivity index (χ1n) is 13.7. The number of nitrogens with zero attached hydrogens (tertiary/aromatic N) is 5. The molecule has 0 radical (unpaired) electrons. The van der Waals surface area contributed by atoms with Crippen molar-refractivity contribution in [2.75, 3.05) is 19.6 Å². The Kier molecular flexibility index (Phi) is 7.33. The van der Waals surface area contributed by atoms with Crippen LogP contribution >= 0.6 is 0 Å². The van der Waals surface area contributed by atoms with Crippen LogP contribution in [-0.4, -0.2) is 54.7 Å². The fraction of sp³-hybridized carbons (Fsp3) is 0.250. The van der Waals surface area contributed by atoms with Gasteiger partial charge in [0.15, 0.2) is 5.82 Å². The minimum Gasteiger partial charge on any atom is -0.336 e. The number of hydrogen-bond donors (Lipinski definition) is 2. The van der Waals surface area contributed by atoms with Crippen LogP contribution in [0.25, 0.3) is 52.0 Å². The molecule has 0 saturated carbocycles. The van der Waals surface area contributed by atoms with E-state index < -0.39 is 0 Å². The number of halogens is 1. The number of pyridine rings is 2. The number of nitrogens with one attached hydrogen (secondary N) is 2. The lowest BCUT2D eigenvalue weighted by Gasteiger charge is -2.14. The molecular formula is C32H32FN7. The molecule has 4 aromatic heterocycles. The highest BCUT2D eigenvalue weighted by Gasteiger charge is 2.16. The number of imidazole rings is 1. The van der Waals surface area contributed by atoms with Crippen LogP contribution in [0.1, 0.15) is 37.3 Å². The summed E-state index contributed by atoms with van der Waals surface area (Å²) < 4.78 is 14.7. The highest BCUT2D eigenvalue weighted by molar-refractivity contribution is 5.91. The summed E-state index contributed by atoms with van der Waals surface area (Å²) in [5, 5.41) is 9.10. The Morgan fingerprint density at radius 2 is 1.90 bits per heavy atom. The van der Waals surface area contributed by atoms with Gasteiger partial charge < -0.3 is 9.88 Å². The summed E-state index contributed by atoms with van der Waals surface area (Å²) in [5.41, 5.74) is 6.65. The van der Waals surface area contributed by atoms with Crippen LogP contribution in [0.4, 0.5) is 4.39 Å². The molecule has 0 atom stereocenters. The molecular weight excluding hydrogens is 501 g/mol. The maximum Gasteiger partial charge on any atom is 0.159 e. The summed E-state index contributed by atoms with van der Waals surface area (Å²) in [5.74, 6) is 0.327. The number of aryl methyl sites for hydroxylation is 1. The SMILES string of the molecule is C=c1c(-c2nc3c(-c4cc(F)cc(CCCN5CCCC5)c4)nccc3[nH]2)n[nH]/c1=C/C=C(\C)c1ccncc1. The fourth-order valence-electron chi connectivity index (χ4n) is 5.33. The van der Waals surface area contributed by atoms with Crippen molar-refractivity contribution >= 4 is 29.3 Å². The van der Waals surface area contributed by atoms with Crippen LogP contribution in [0.3, 0.4) is 0 Å². The first-order chi connectivity index (χ1) is 19.5. The first kappa shape index (κ1) is 25.8. The molecule has 202 valence electrons. The van der Waals surface area contributed by atoms with Gasteiger partial charge in [0, 0.05) is 29.4 Å². The van der Waals surface area contributed by atoms with Gasteiger partial charge in [0.2, 0.25) is 0 Å². The van der Waals surface area contributed by atoms with E-state index in [1.807, 2.05) is 43.3 Å². The van der Waals surface area contributed by atoms with Gasteiger partial charge in [-0.2, -0.15) is 5.10 Å².